The summed E-state index contributed by atoms with van der Waals surface area (Å²) >= 11 is 12.0. The molecule has 0 heterocycles. The Balaban J connectivity index is 1.63. The van der Waals surface area contributed by atoms with Gasteiger partial charge in [-0.05, 0) is 66.6 Å². The molecule has 0 unspecified atom stereocenters. The van der Waals surface area contributed by atoms with Crippen molar-refractivity contribution in [2.75, 3.05) is 22.5 Å². The Morgan fingerprint density at radius 1 is 1.00 bits per heavy atom. The minimum absolute atomic E-state index is 0.164. The van der Waals surface area contributed by atoms with Crippen molar-refractivity contribution in [2.24, 2.45) is 0 Å². The number of nitrogens with one attached hydrogen (secondary N) is 1. The van der Waals surface area contributed by atoms with E-state index in [1.54, 1.807) is 60.7 Å². The zero-order chi connectivity index (χ0) is 23.3. The molecule has 3 aromatic rings. The monoisotopic (exact) mass is 492 g/mol. The molecule has 3 rings (SSSR count). The van der Waals surface area contributed by atoms with Gasteiger partial charge in [0.25, 0.3) is 5.91 Å². The van der Waals surface area contributed by atoms with E-state index < -0.39 is 10.0 Å². The summed E-state index contributed by atoms with van der Waals surface area (Å²) in [5, 5.41) is 3.86. The third-order valence-electron chi connectivity index (χ3n) is 4.59. The Kier molecular flexibility index (Phi) is 7.66. The molecule has 1 N–H and O–H groups in total. The van der Waals surface area contributed by atoms with Crippen molar-refractivity contribution in [2.45, 2.75) is 13.5 Å². The minimum Gasteiger partial charge on any atom is -0.484 e. The van der Waals surface area contributed by atoms with E-state index in [0.717, 1.165) is 17.4 Å². The molecule has 0 aliphatic rings. The number of ether oxygens (including phenoxy) is 1. The van der Waals surface area contributed by atoms with Crippen molar-refractivity contribution in [3.8, 4) is 5.75 Å². The van der Waals surface area contributed by atoms with Gasteiger partial charge in [0.15, 0.2) is 6.61 Å². The van der Waals surface area contributed by atoms with Crippen molar-refractivity contribution in [3.05, 3.63) is 87.9 Å². The predicted molar refractivity (Wildman–Crippen MR) is 129 cm³/mol. The SMILES string of the molecule is Cc1ccc(NC(=O)COc2ccc(N(Cc3ccc(Cl)cc3)S(C)(=O)=O)cc2)cc1Cl. The van der Waals surface area contributed by atoms with Gasteiger partial charge in [-0.3, -0.25) is 9.10 Å². The van der Waals surface area contributed by atoms with E-state index in [4.69, 9.17) is 27.9 Å². The molecule has 0 aliphatic carbocycles. The molecule has 3 aromatic carbocycles. The fourth-order valence-corrected chi connectivity index (χ4v) is 4.08. The highest BCUT2D eigenvalue weighted by Crippen LogP contribution is 2.24. The van der Waals surface area contributed by atoms with Gasteiger partial charge in [-0.25, -0.2) is 8.42 Å². The number of sulfonamides is 1. The zero-order valence-electron chi connectivity index (χ0n) is 17.5. The average Bonchev–Trinajstić information content (AvgIpc) is 2.74. The van der Waals surface area contributed by atoms with Gasteiger partial charge in [0.1, 0.15) is 5.75 Å². The third-order valence-corrected chi connectivity index (χ3v) is 6.39. The van der Waals surface area contributed by atoms with Gasteiger partial charge >= 0.3 is 0 Å². The van der Waals surface area contributed by atoms with E-state index in [-0.39, 0.29) is 19.1 Å². The van der Waals surface area contributed by atoms with Crippen LogP contribution in [0, 0.1) is 6.92 Å². The molecule has 0 radical (unpaired) electrons. The molecule has 1 amide bonds. The van der Waals surface area contributed by atoms with Crippen LogP contribution in [0.15, 0.2) is 66.7 Å². The van der Waals surface area contributed by atoms with Crippen molar-refractivity contribution >= 4 is 50.5 Å². The highest BCUT2D eigenvalue weighted by atomic mass is 35.5. The molecule has 32 heavy (non-hydrogen) atoms. The van der Waals surface area contributed by atoms with E-state index in [0.29, 0.717) is 27.2 Å². The van der Waals surface area contributed by atoms with Gasteiger partial charge in [-0.15, -0.1) is 0 Å². The van der Waals surface area contributed by atoms with Crippen molar-refractivity contribution < 1.29 is 17.9 Å². The number of benzene rings is 3. The number of rotatable bonds is 8. The van der Waals surface area contributed by atoms with Crippen LogP contribution >= 0.6 is 23.2 Å². The lowest BCUT2D eigenvalue weighted by atomic mass is 10.2. The van der Waals surface area contributed by atoms with Crippen LogP contribution < -0.4 is 14.4 Å². The first-order valence-electron chi connectivity index (χ1n) is 9.63. The smallest absolute Gasteiger partial charge is 0.262 e. The van der Waals surface area contributed by atoms with Gasteiger partial charge in [0, 0.05) is 15.7 Å². The van der Waals surface area contributed by atoms with E-state index in [1.165, 1.54) is 4.31 Å². The average molecular weight is 493 g/mol. The predicted octanol–water partition coefficient (Wildman–Crippen LogP) is 5.29. The van der Waals surface area contributed by atoms with E-state index >= 15 is 0 Å². The Hall–Kier alpha value is -2.74. The van der Waals surface area contributed by atoms with Crippen LogP contribution in [-0.4, -0.2) is 27.2 Å². The molecule has 0 saturated carbocycles. The van der Waals surface area contributed by atoms with E-state index in [2.05, 4.69) is 5.32 Å². The van der Waals surface area contributed by atoms with Crippen molar-refractivity contribution in [1.29, 1.82) is 0 Å². The first kappa shape index (κ1) is 23.9. The van der Waals surface area contributed by atoms with Crippen molar-refractivity contribution in [1.82, 2.24) is 0 Å². The topological polar surface area (TPSA) is 75.7 Å². The maximum absolute atomic E-state index is 12.3. The Bertz CT molecular complexity index is 1200. The van der Waals surface area contributed by atoms with Crippen LogP contribution in [0.25, 0.3) is 0 Å². The van der Waals surface area contributed by atoms with Crippen molar-refractivity contribution in [3.63, 3.8) is 0 Å². The lowest BCUT2D eigenvalue weighted by Crippen LogP contribution is -2.29. The maximum atomic E-state index is 12.3. The summed E-state index contributed by atoms with van der Waals surface area (Å²) in [6.07, 6.45) is 1.15. The maximum Gasteiger partial charge on any atom is 0.262 e. The highest BCUT2D eigenvalue weighted by Gasteiger charge is 2.18. The van der Waals surface area contributed by atoms with Crippen LogP contribution in [0.4, 0.5) is 11.4 Å². The summed E-state index contributed by atoms with van der Waals surface area (Å²) in [6, 6.07) is 18.7. The number of aryl methyl sites for hydroxylation is 1. The quantitative estimate of drug-likeness (QED) is 0.463. The molecule has 9 heteroatoms. The molecule has 0 saturated heterocycles. The molecule has 0 bridgehead atoms. The van der Waals surface area contributed by atoms with Crippen LogP contribution in [0.3, 0.4) is 0 Å². The summed E-state index contributed by atoms with van der Waals surface area (Å²) < 4.78 is 31.5. The van der Waals surface area contributed by atoms with Crippen LogP contribution in [-0.2, 0) is 21.4 Å². The number of anilines is 2. The van der Waals surface area contributed by atoms with Crippen LogP contribution in [0.2, 0.25) is 10.0 Å². The normalized spacial score (nSPS) is 11.1. The number of hydrogen-bond donors (Lipinski definition) is 1. The first-order valence-corrected chi connectivity index (χ1v) is 12.2. The second-order valence-corrected chi connectivity index (χ2v) is 9.94. The van der Waals surface area contributed by atoms with Gasteiger partial charge in [0.2, 0.25) is 10.0 Å². The first-order chi connectivity index (χ1) is 15.1. The molecule has 0 aliphatic heterocycles. The summed E-state index contributed by atoms with van der Waals surface area (Å²) in [6.45, 7) is 1.84. The third kappa shape index (κ3) is 6.63. The van der Waals surface area contributed by atoms with Gasteiger partial charge in [-0.1, -0.05) is 41.4 Å². The second kappa shape index (κ2) is 10.3. The minimum atomic E-state index is -3.52. The summed E-state index contributed by atoms with van der Waals surface area (Å²) in [5.74, 6) is 0.0975. The molecular formula is C23H22Cl2N2O4S. The van der Waals surface area contributed by atoms with E-state index in [1.807, 2.05) is 13.0 Å². The molecular weight excluding hydrogens is 471 g/mol. The Morgan fingerprint density at radius 3 is 2.25 bits per heavy atom. The fourth-order valence-electron chi connectivity index (χ4n) is 2.88. The lowest BCUT2D eigenvalue weighted by Gasteiger charge is -2.23. The molecule has 0 fully saturated rings. The lowest BCUT2D eigenvalue weighted by molar-refractivity contribution is -0.118. The van der Waals surface area contributed by atoms with Gasteiger partial charge in [0.05, 0.1) is 18.5 Å². The highest BCUT2D eigenvalue weighted by molar-refractivity contribution is 7.92. The molecule has 168 valence electrons. The fraction of sp³-hybridized carbons (Fsp3) is 0.174. The molecule has 0 spiro atoms. The number of carbonyl (C=O) groups is 1. The summed E-state index contributed by atoms with van der Waals surface area (Å²) in [7, 11) is -3.52. The molecule has 0 aromatic heterocycles. The number of carbonyl (C=O) groups excluding carboxylic acids is 1. The molecule has 0 atom stereocenters. The van der Waals surface area contributed by atoms with Gasteiger partial charge < -0.3 is 10.1 Å². The van der Waals surface area contributed by atoms with E-state index in [9.17, 15) is 13.2 Å². The number of amides is 1. The summed E-state index contributed by atoms with van der Waals surface area (Å²) in [5.41, 5.74) is 2.78. The number of nitrogens with zero attached hydrogens (tertiary/aromatic N) is 1. The number of hydrogen-bond acceptors (Lipinski definition) is 4. The Morgan fingerprint density at radius 2 is 1.66 bits per heavy atom. The standard InChI is InChI=1S/C23H22Cl2N2O4S/c1-16-3-8-19(13-22(16)25)26-23(28)15-31-21-11-9-20(10-12-21)27(32(2,29)30)14-17-4-6-18(24)7-5-17/h3-13H,14-15H2,1-2H3,(H,26,28). The number of halogens is 2. The van der Waals surface area contributed by atoms with Crippen LogP contribution in [0.5, 0.6) is 5.75 Å². The second-order valence-electron chi connectivity index (χ2n) is 7.19. The largest absolute Gasteiger partial charge is 0.484 e. The van der Waals surface area contributed by atoms with Gasteiger partial charge in [-0.2, -0.15) is 0 Å². The summed E-state index contributed by atoms with van der Waals surface area (Å²) in [4.78, 5) is 12.1. The zero-order valence-corrected chi connectivity index (χ0v) is 19.8. The van der Waals surface area contributed by atoms with Crippen LogP contribution in [0.1, 0.15) is 11.1 Å². The molecule has 6 nitrogen and oxygen atoms in total. The Labute approximate surface area is 197 Å².